The van der Waals surface area contributed by atoms with Gasteiger partial charge in [0.15, 0.2) is 5.82 Å². The molecule has 2 heterocycles. The van der Waals surface area contributed by atoms with E-state index in [2.05, 4.69) is 26.0 Å². The Labute approximate surface area is 88.5 Å². The zero-order valence-electron chi connectivity index (χ0n) is 6.48. The highest BCUT2D eigenvalue weighted by atomic mass is 79.9. The van der Waals surface area contributed by atoms with Gasteiger partial charge in [-0.05, 0) is 28.1 Å². The fourth-order valence-corrected chi connectivity index (χ4v) is 1.42. The minimum absolute atomic E-state index is 0.599. The van der Waals surface area contributed by atoms with Crippen molar-refractivity contribution in [1.29, 1.82) is 0 Å². The maximum atomic E-state index is 5.73. The van der Waals surface area contributed by atoms with Crippen LogP contribution in [0.3, 0.4) is 0 Å². The van der Waals surface area contributed by atoms with Gasteiger partial charge in [0.05, 0.1) is 17.4 Å². The van der Waals surface area contributed by atoms with Gasteiger partial charge >= 0.3 is 0 Å². The van der Waals surface area contributed by atoms with Gasteiger partial charge in [0.1, 0.15) is 4.60 Å². The molecule has 2 rings (SSSR count). The van der Waals surface area contributed by atoms with Gasteiger partial charge in [0.25, 0.3) is 0 Å². The summed E-state index contributed by atoms with van der Waals surface area (Å²) in [5, 5.41) is 4.63. The third-order valence-electron chi connectivity index (χ3n) is 1.49. The molecule has 0 saturated carbocycles. The molecule has 0 amide bonds. The summed E-state index contributed by atoms with van der Waals surface area (Å²) in [4.78, 5) is 4.22. The van der Waals surface area contributed by atoms with E-state index in [0.29, 0.717) is 5.02 Å². The summed E-state index contributed by atoms with van der Waals surface area (Å²) in [6.45, 7) is 0. The average Bonchev–Trinajstić information content (AvgIpc) is 2.52. The molecule has 0 aliphatic rings. The van der Waals surface area contributed by atoms with Crippen molar-refractivity contribution in [3.63, 3.8) is 0 Å². The van der Waals surface area contributed by atoms with E-state index < -0.39 is 0 Å². The molecule has 0 unspecified atom stereocenters. The summed E-state index contributed by atoms with van der Waals surface area (Å²) in [6.07, 6.45) is 3.28. The lowest BCUT2D eigenvalue weighted by atomic mass is 10.5. The molecular weight excluding hydrogens is 253 g/mol. The lowest BCUT2D eigenvalue weighted by Gasteiger charge is -1.98. The molecule has 0 fully saturated rings. The Morgan fingerprint density at radius 1 is 1.38 bits per heavy atom. The van der Waals surface area contributed by atoms with Crippen LogP contribution in [0.25, 0.3) is 5.82 Å². The summed E-state index contributed by atoms with van der Waals surface area (Å²) < 4.78 is 2.39. The van der Waals surface area contributed by atoms with Crippen LogP contribution >= 0.6 is 27.5 Å². The van der Waals surface area contributed by atoms with E-state index in [1.165, 1.54) is 0 Å². The van der Waals surface area contributed by atoms with Crippen molar-refractivity contribution in [2.75, 3.05) is 0 Å². The van der Waals surface area contributed by atoms with Crippen LogP contribution in [-0.4, -0.2) is 14.8 Å². The first-order valence-electron chi connectivity index (χ1n) is 3.59. The standard InChI is InChI=1S/C8H5BrClN3/c9-7-2-1-3-8(12-7)13-5-6(10)4-11-13/h1-5H. The Morgan fingerprint density at radius 3 is 2.85 bits per heavy atom. The Kier molecular flexibility index (Phi) is 2.33. The van der Waals surface area contributed by atoms with Gasteiger partial charge in [-0.3, -0.25) is 0 Å². The second-order valence-electron chi connectivity index (χ2n) is 2.42. The van der Waals surface area contributed by atoms with Crippen molar-refractivity contribution in [2.24, 2.45) is 0 Å². The van der Waals surface area contributed by atoms with Crippen molar-refractivity contribution >= 4 is 27.5 Å². The maximum absolute atomic E-state index is 5.73. The molecule has 13 heavy (non-hydrogen) atoms. The summed E-state index contributed by atoms with van der Waals surface area (Å²) in [7, 11) is 0. The molecule has 0 radical (unpaired) electrons. The van der Waals surface area contributed by atoms with Gasteiger partial charge in [-0.25, -0.2) is 9.67 Å². The van der Waals surface area contributed by atoms with E-state index in [0.717, 1.165) is 10.4 Å². The normalized spacial score (nSPS) is 10.3. The fraction of sp³-hybridized carbons (Fsp3) is 0. The number of hydrogen-bond donors (Lipinski definition) is 0. The predicted octanol–water partition coefficient (Wildman–Crippen LogP) is 2.68. The highest BCUT2D eigenvalue weighted by Crippen LogP contribution is 2.12. The van der Waals surface area contributed by atoms with E-state index in [-0.39, 0.29) is 0 Å². The van der Waals surface area contributed by atoms with E-state index >= 15 is 0 Å². The first kappa shape index (κ1) is 8.72. The molecule has 3 nitrogen and oxygen atoms in total. The number of aromatic nitrogens is 3. The van der Waals surface area contributed by atoms with Crippen LogP contribution in [0.2, 0.25) is 5.02 Å². The Balaban J connectivity index is 2.46. The molecule has 0 atom stereocenters. The molecule has 66 valence electrons. The molecule has 0 N–H and O–H groups in total. The molecule has 0 bridgehead atoms. The summed E-state index contributed by atoms with van der Waals surface area (Å²) in [6, 6.07) is 5.60. The first-order chi connectivity index (χ1) is 6.25. The van der Waals surface area contributed by atoms with Gasteiger partial charge < -0.3 is 0 Å². The van der Waals surface area contributed by atoms with E-state index in [1.54, 1.807) is 17.1 Å². The third-order valence-corrected chi connectivity index (χ3v) is 2.12. The van der Waals surface area contributed by atoms with Crippen LogP contribution in [-0.2, 0) is 0 Å². The molecule has 5 heteroatoms. The predicted molar refractivity (Wildman–Crippen MR) is 54.1 cm³/mol. The van der Waals surface area contributed by atoms with Crippen LogP contribution in [0.1, 0.15) is 0 Å². The zero-order chi connectivity index (χ0) is 9.26. The van der Waals surface area contributed by atoms with Crippen LogP contribution in [0, 0.1) is 0 Å². The van der Waals surface area contributed by atoms with E-state index in [1.807, 2.05) is 18.2 Å². The average molecular weight is 259 g/mol. The zero-order valence-corrected chi connectivity index (χ0v) is 8.83. The highest BCUT2D eigenvalue weighted by molar-refractivity contribution is 9.10. The Hall–Kier alpha value is -0.870. The second kappa shape index (κ2) is 3.47. The fourth-order valence-electron chi connectivity index (χ4n) is 0.951. The van der Waals surface area contributed by atoms with Gasteiger partial charge in [0.2, 0.25) is 0 Å². The molecule has 0 aromatic carbocycles. The molecule has 0 saturated heterocycles. The van der Waals surface area contributed by atoms with Gasteiger partial charge in [-0.15, -0.1) is 0 Å². The minimum atomic E-state index is 0.599. The summed E-state index contributed by atoms with van der Waals surface area (Å²) in [5.74, 6) is 0.737. The molecule has 0 aliphatic heterocycles. The number of pyridine rings is 1. The Bertz CT molecular complexity index is 427. The van der Waals surface area contributed by atoms with Crippen LogP contribution in [0.4, 0.5) is 0 Å². The Morgan fingerprint density at radius 2 is 2.23 bits per heavy atom. The van der Waals surface area contributed by atoms with Crippen molar-refractivity contribution in [2.45, 2.75) is 0 Å². The van der Waals surface area contributed by atoms with Gasteiger partial charge in [0, 0.05) is 0 Å². The molecular formula is C8H5BrClN3. The maximum Gasteiger partial charge on any atom is 0.154 e. The smallest absolute Gasteiger partial charge is 0.154 e. The molecule has 2 aromatic rings. The topological polar surface area (TPSA) is 30.7 Å². The molecule has 0 spiro atoms. The second-order valence-corrected chi connectivity index (χ2v) is 3.67. The quantitative estimate of drug-likeness (QED) is 0.736. The monoisotopic (exact) mass is 257 g/mol. The first-order valence-corrected chi connectivity index (χ1v) is 4.76. The molecule has 2 aromatic heterocycles. The third kappa shape index (κ3) is 1.89. The van der Waals surface area contributed by atoms with Crippen molar-refractivity contribution in [3.05, 3.63) is 40.2 Å². The van der Waals surface area contributed by atoms with Crippen LogP contribution < -0.4 is 0 Å². The summed E-state index contributed by atoms with van der Waals surface area (Å²) >= 11 is 9.01. The van der Waals surface area contributed by atoms with Crippen molar-refractivity contribution in [3.8, 4) is 5.82 Å². The lowest BCUT2D eigenvalue weighted by Crippen LogP contribution is -1.96. The van der Waals surface area contributed by atoms with Crippen molar-refractivity contribution < 1.29 is 0 Å². The lowest BCUT2D eigenvalue weighted by molar-refractivity contribution is 0.843. The highest BCUT2D eigenvalue weighted by Gasteiger charge is 1.99. The number of hydrogen-bond acceptors (Lipinski definition) is 2. The number of halogens is 2. The van der Waals surface area contributed by atoms with E-state index in [4.69, 9.17) is 11.6 Å². The largest absolute Gasteiger partial charge is 0.222 e. The minimum Gasteiger partial charge on any atom is -0.222 e. The van der Waals surface area contributed by atoms with Gasteiger partial charge in [-0.2, -0.15) is 5.10 Å². The summed E-state index contributed by atoms with van der Waals surface area (Å²) in [5.41, 5.74) is 0. The van der Waals surface area contributed by atoms with Gasteiger partial charge in [-0.1, -0.05) is 17.7 Å². The van der Waals surface area contributed by atoms with Crippen molar-refractivity contribution in [1.82, 2.24) is 14.8 Å². The number of rotatable bonds is 1. The SMILES string of the molecule is Clc1cnn(-c2cccc(Br)n2)c1. The number of nitrogens with zero attached hydrogens (tertiary/aromatic N) is 3. The molecule has 0 aliphatic carbocycles. The van der Waals surface area contributed by atoms with Crippen LogP contribution in [0.15, 0.2) is 35.2 Å². The van der Waals surface area contributed by atoms with Crippen LogP contribution in [0.5, 0.6) is 0 Å². The van der Waals surface area contributed by atoms with E-state index in [9.17, 15) is 0 Å².